The van der Waals surface area contributed by atoms with Crippen LogP contribution in [0.25, 0.3) is 20.4 Å². The number of aliphatic hydroxyl groups is 1. The van der Waals surface area contributed by atoms with Crippen LogP contribution in [0.3, 0.4) is 0 Å². The lowest BCUT2D eigenvalue weighted by atomic mass is 10.0. The molecule has 28 heavy (non-hydrogen) atoms. The highest BCUT2D eigenvalue weighted by Crippen LogP contribution is 2.42. The molecule has 0 bridgehead atoms. The van der Waals surface area contributed by atoms with Crippen molar-refractivity contribution in [1.29, 1.82) is 0 Å². The van der Waals surface area contributed by atoms with Gasteiger partial charge in [-0.05, 0) is 55.9 Å². The third kappa shape index (κ3) is 3.48. The van der Waals surface area contributed by atoms with Gasteiger partial charge in [0.1, 0.15) is 10.6 Å². The zero-order valence-corrected chi connectivity index (χ0v) is 18.5. The molecule has 150 valence electrons. The summed E-state index contributed by atoms with van der Waals surface area (Å²) in [5.74, 6) is 0.833. The molecule has 5 nitrogen and oxygen atoms in total. The predicted octanol–water partition coefficient (Wildman–Crippen LogP) is 4.98. The minimum Gasteiger partial charge on any atom is -0.394 e. The summed E-state index contributed by atoms with van der Waals surface area (Å²) in [6.45, 7) is 4.40. The van der Waals surface area contributed by atoms with Crippen LogP contribution in [0.4, 0.5) is 5.82 Å². The van der Waals surface area contributed by atoms with Crippen LogP contribution >= 0.6 is 23.1 Å². The van der Waals surface area contributed by atoms with E-state index in [1.165, 1.54) is 41.5 Å². The van der Waals surface area contributed by atoms with Crippen LogP contribution in [0.2, 0.25) is 0 Å². The Morgan fingerprint density at radius 2 is 2.00 bits per heavy atom. The van der Waals surface area contributed by atoms with E-state index in [1.807, 2.05) is 6.26 Å². The van der Waals surface area contributed by atoms with Crippen molar-refractivity contribution in [1.82, 2.24) is 15.0 Å². The van der Waals surface area contributed by atoms with Crippen LogP contribution in [0.5, 0.6) is 0 Å². The second-order valence-electron chi connectivity index (χ2n) is 7.42. The second kappa shape index (κ2) is 8.51. The maximum absolute atomic E-state index is 9.65. The van der Waals surface area contributed by atoms with Crippen molar-refractivity contribution in [3.8, 4) is 0 Å². The van der Waals surface area contributed by atoms with Crippen LogP contribution < -0.4 is 5.32 Å². The van der Waals surface area contributed by atoms with E-state index in [0.29, 0.717) is 0 Å². The van der Waals surface area contributed by atoms with Gasteiger partial charge in [0.05, 0.1) is 22.9 Å². The largest absolute Gasteiger partial charge is 0.394 e. The normalized spacial score (nSPS) is 14.7. The summed E-state index contributed by atoms with van der Waals surface area (Å²) in [7, 11) is 0. The summed E-state index contributed by atoms with van der Waals surface area (Å²) in [6, 6.07) is -0.00296. The number of pyridine rings is 1. The van der Waals surface area contributed by atoms with Crippen LogP contribution in [0.15, 0.2) is 5.16 Å². The van der Waals surface area contributed by atoms with Crippen LogP contribution in [-0.4, -0.2) is 39.0 Å². The SMILES string of the molecule is CCCCc1nc2sc3c(NC(CC)CO)nc(SC)nc3c2c2c1CCC2. The van der Waals surface area contributed by atoms with Gasteiger partial charge in [0, 0.05) is 11.1 Å². The Balaban J connectivity index is 1.94. The molecule has 2 N–H and O–H groups in total. The molecule has 4 rings (SSSR count). The van der Waals surface area contributed by atoms with Gasteiger partial charge in [0.25, 0.3) is 0 Å². The molecule has 0 spiro atoms. The van der Waals surface area contributed by atoms with Gasteiger partial charge in [-0.15, -0.1) is 11.3 Å². The Morgan fingerprint density at radius 1 is 1.18 bits per heavy atom. The Bertz CT molecular complexity index is 997. The molecule has 3 heterocycles. The van der Waals surface area contributed by atoms with Crippen molar-refractivity contribution in [2.45, 2.75) is 70.0 Å². The minimum absolute atomic E-state index is 0.00296. The highest BCUT2D eigenvalue weighted by Gasteiger charge is 2.25. The summed E-state index contributed by atoms with van der Waals surface area (Å²) >= 11 is 3.25. The monoisotopic (exact) mass is 416 g/mol. The fourth-order valence-corrected chi connectivity index (χ4v) is 5.52. The lowest BCUT2D eigenvalue weighted by Crippen LogP contribution is -2.23. The number of thioether (sulfide) groups is 1. The lowest BCUT2D eigenvalue weighted by Gasteiger charge is -2.15. The van der Waals surface area contributed by atoms with Gasteiger partial charge in [-0.3, -0.25) is 0 Å². The zero-order chi connectivity index (χ0) is 19.7. The number of hydrogen-bond acceptors (Lipinski definition) is 7. The number of thiophene rings is 1. The number of aliphatic hydroxyl groups excluding tert-OH is 1. The van der Waals surface area contributed by atoms with E-state index in [1.54, 1.807) is 23.1 Å². The first kappa shape index (κ1) is 19.9. The molecule has 0 aromatic carbocycles. The first-order valence-electron chi connectivity index (χ1n) is 10.3. The number of aromatic nitrogens is 3. The van der Waals surface area contributed by atoms with Gasteiger partial charge in [0.2, 0.25) is 0 Å². The Kier molecular flexibility index (Phi) is 6.04. The lowest BCUT2D eigenvalue weighted by molar-refractivity contribution is 0.271. The van der Waals surface area contributed by atoms with Crippen LogP contribution in [-0.2, 0) is 19.3 Å². The molecule has 1 unspecified atom stereocenters. The molecule has 0 saturated carbocycles. The summed E-state index contributed by atoms with van der Waals surface area (Å²) in [5.41, 5.74) is 5.26. The molecule has 3 aromatic heterocycles. The molecular weight excluding hydrogens is 388 g/mol. The number of fused-ring (bicyclic) bond motifs is 5. The van der Waals surface area contributed by atoms with Crippen molar-refractivity contribution in [2.24, 2.45) is 0 Å². The molecule has 0 radical (unpaired) electrons. The highest BCUT2D eigenvalue weighted by molar-refractivity contribution is 7.98. The van der Waals surface area contributed by atoms with Crippen molar-refractivity contribution in [3.05, 3.63) is 16.8 Å². The second-order valence-corrected chi connectivity index (χ2v) is 9.20. The minimum atomic E-state index is -0.00296. The van der Waals surface area contributed by atoms with E-state index < -0.39 is 0 Å². The van der Waals surface area contributed by atoms with Gasteiger partial charge >= 0.3 is 0 Å². The number of nitrogens with zero attached hydrogens (tertiary/aromatic N) is 3. The average molecular weight is 417 g/mol. The van der Waals surface area contributed by atoms with Crippen molar-refractivity contribution >= 4 is 49.3 Å². The Morgan fingerprint density at radius 3 is 2.71 bits per heavy atom. The summed E-state index contributed by atoms with van der Waals surface area (Å²) in [5, 5.41) is 15.1. The number of aryl methyl sites for hydroxylation is 2. The molecule has 1 aliphatic carbocycles. The van der Waals surface area contributed by atoms with Gasteiger partial charge in [-0.25, -0.2) is 15.0 Å². The van der Waals surface area contributed by atoms with Gasteiger partial charge in [0.15, 0.2) is 5.16 Å². The van der Waals surface area contributed by atoms with E-state index in [4.69, 9.17) is 15.0 Å². The van der Waals surface area contributed by atoms with E-state index in [9.17, 15) is 5.11 Å². The number of nitrogens with one attached hydrogen (secondary N) is 1. The first-order chi connectivity index (χ1) is 13.7. The molecular formula is C21H28N4OS2. The van der Waals surface area contributed by atoms with Gasteiger partial charge < -0.3 is 10.4 Å². The Hall–Kier alpha value is -1.44. The molecule has 0 fully saturated rings. The average Bonchev–Trinajstić information content (AvgIpc) is 3.34. The standard InChI is InChI=1S/C21H28N4OS2/c1-4-6-10-15-13-8-7-9-14(13)16-17-18(28-20(16)23-15)19(22-12(5-2)11-26)25-21(24-17)27-3/h12,26H,4-11H2,1-3H3,(H,22,24,25). The molecule has 7 heteroatoms. The molecule has 0 saturated heterocycles. The smallest absolute Gasteiger partial charge is 0.189 e. The summed E-state index contributed by atoms with van der Waals surface area (Å²) in [6.07, 6.45) is 9.77. The molecule has 0 amide bonds. The van der Waals surface area contributed by atoms with E-state index in [-0.39, 0.29) is 12.6 Å². The summed E-state index contributed by atoms with van der Waals surface area (Å²) < 4.78 is 1.06. The number of anilines is 1. The molecule has 1 atom stereocenters. The number of hydrogen-bond donors (Lipinski definition) is 2. The van der Waals surface area contributed by atoms with Gasteiger partial charge in [-0.1, -0.05) is 32.0 Å². The quantitative estimate of drug-likeness (QED) is 0.399. The zero-order valence-electron chi connectivity index (χ0n) is 16.8. The van der Waals surface area contributed by atoms with Crippen molar-refractivity contribution in [3.63, 3.8) is 0 Å². The number of rotatable bonds is 8. The highest BCUT2D eigenvalue weighted by atomic mass is 32.2. The van der Waals surface area contributed by atoms with Crippen LogP contribution in [0, 0.1) is 0 Å². The van der Waals surface area contributed by atoms with Crippen LogP contribution in [0.1, 0.15) is 56.4 Å². The maximum Gasteiger partial charge on any atom is 0.189 e. The van der Waals surface area contributed by atoms with Crippen molar-refractivity contribution < 1.29 is 5.11 Å². The summed E-state index contributed by atoms with van der Waals surface area (Å²) in [4.78, 5) is 15.8. The predicted molar refractivity (Wildman–Crippen MR) is 120 cm³/mol. The van der Waals surface area contributed by atoms with E-state index in [0.717, 1.165) is 51.7 Å². The fourth-order valence-electron chi connectivity index (χ4n) is 4.03. The third-order valence-electron chi connectivity index (χ3n) is 5.60. The van der Waals surface area contributed by atoms with E-state index in [2.05, 4.69) is 19.2 Å². The van der Waals surface area contributed by atoms with E-state index >= 15 is 0 Å². The van der Waals surface area contributed by atoms with Gasteiger partial charge in [-0.2, -0.15) is 0 Å². The molecule has 3 aromatic rings. The number of unbranched alkanes of at least 4 members (excludes halogenated alkanes) is 1. The Labute approximate surface area is 174 Å². The molecule has 0 aliphatic heterocycles. The molecule has 1 aliphatic rings. The maximum atomic E-state index is 9.65. The fraction of sp³-hybridized carbons (Fsp3) is 0.571. The van der Waals surface area contributed by atoms with Crippen molar-refractivity contribution in [2.75, 3.05) is 18.2 Å². The topological polar surface area (TPSA) is 70.9 Å². The first-order valence-corrected chi connectivity index (χ1v) is 12.3. The third-order valence-corrected chi connectivity index (χ3v) is 7.23.